The molecule has 0 radical (unpaired) electrons. The number of carbonyl (C=O) groups is 1. The molecule has 0 aromatic carbocycles. The predicted octanol–water partition coefficient (Wildman–Crippen LogP) is 0.899. The summed E-state index contributed by atoms with van der Waals surface area (Å²) in [4.78, 5) is 20.7. The van der Waals surface area contributed by atoms with Gasteiger partial charge in [0.2, 0.25) is 0 Å². The van der Waals surface area contributed by atoms with Crippen LogP contribution >= 0.6 is 0 Å². The number of rotatable bonds is 2. The number of likely N-dealkylation sites (N-methyl/N-ethyl adjacent to an activating group) is 1. The second-order valence-electron chi connectivity index (χ2n) is 4.76. The van der Waals surface area contributed by atoms with Gasteiger partial charge in [0.05, 0.1) is 0 Å². The number of hydrogen-bond donors (Lipinski definition) is 1. The predicted molar refractivity (Wildman–Crippen MR) is 71.8 cm³/mol. The summed E-state index contributed by atoms with van der Waals surface area (Å²) >= 11 is 0. The highest BCUT2D eigenvalue weighted by Crippen LogP contribution is 2.13. The zero-order chi connectivity index (χ0) is 13.1. The summed E-state index contributed by atoms with van der Waals surface area (Å²) in [5, 5.41) is 2.95. The number of nitrogens with zero attached hydrogens (tertiary/aromatic N) is 3. The van der Waals surface area contributed by atoms with E-state index in [0.29, 0.717) is 11.6 Å². The van der Waals surface area contributed by atoms with E-state index in [0.717, 1.165) is 25.5 Å². The minimum Gasteiger partial charge on any atom is -0.373 e. The largest absolute Gasteiger partial charge is 0.373 e. The molecule has 1 amide bonds. The van der Waals surface area contributed by atoms with Gasteiger partial charge in [-0.25, -0.2) is 4.98 Å². The van der Waals surface area contributed by atoms with Crippen LogP contribution in [0.15, 0.2) is 18.3 Å². The third-order valence-corrected chi connectivity index (χ3v) is 3.51. The molecular formula is C13H20N4O. The van der Waals surface area contributed by atoms with Crippen molar-refractivity contribution in [3.8, 4) is 0 Å². The molecule has 0 spiro atoms. The van der Waals surface area contributed by atoms with Crippen molar-refractivity contribution in [2.24, 2.45) is 0 Å². The van der Waals surface area contributed by atoms with Gasteiger partial charge < -0.3 is 15.1 Å². The van der Waals surface area contributed by atoms with Crippen molar-refractivity contribution >= 4 is 11.7 Å². The Morgan fingerprint density at radius 3 is 2.94 bits per heavy atom. The SMILES string of the molecule is CNc1cc(C(=O)N2CCN(C)C(C)C2)ccn1. The van der Waals surface area contributed by atoms with Gasteiger partial charge in [-0.3, -0.25) is 4.79 Å². The highest BCUT2D eigenvalue weighted by Gasteiger charge is 2.25. The van der Waals surface area contributed by atoms with Gasteiger partial charge in [-0.15, -0.1) is 0 Å². The average molecular weight is 248 g/mol. The fourth-order valence-electron chi connectivity index (χ4n) is 2.12. The van der Waals surface area contributed by atoms with E-state index in [1.165, 1.54) is 0 Å². The molecule has 1 N–H and O–H groups in total. The number of amides is 1. The number of hydrogen-bond acceptors (Lipinski definition) is 4. The van der Waals surface area contributed by atoms with Gasteiger partial charge in [-0.05, 0) is 26.1 Å². The lowest BCUT2D eigenvalue weighted by Crippen LogP contribution is -2.52. The van der Waals surface area contributed by atoms with Crippen LogP contribution in [0.1, 0.15) is 17.3 Å². The van der Waals surface area contributed by atoms with Gasteiger partial charge >= 0.3 is 0 Å². The summed E-state index contributed by atoms with van der Waals surface area (Å²) in [6.45, 7) is 4.64. The maximum absolute atomic E-state index is 12.4. The number of aromatic nitrogens is 1. The van der Waals surface area contributed by atoms with E-state index < -0.39 is 0 Å². The molecule has 18 heavy (non-hydrogen) atoms. The number of anilines is 1. The Balaban J connectivity index is 2.11. The normalized spacial score (nSPS) is 20.8. The minimum atomic E-state index is 0.0915. The molecule has 5 nitrogen and oxygen atoms in total. The first kappa shape index (κ1) is 12.8. The summed E-state index contributed by atoms with van der Waals surface area (Å²) in [6.07, 6.45) is 1.67. The molecule has 1 unspecified atom stereocenters. The zero-order valence-corrected chi connectivity index (χ0v) is 11.2. The van der Waals surface area contributed by atoms with E-state index in [1.807, 2.05) is 4.90 Å². The summed E-state index contributed by atoms with van der Waals surface area (Å²) in [5.74, 6) is 0.817. The average Bonchev–Trinajstić information content (AvgIpc) is 2.41. The van der Waals surface area contributed by atoms with Crippen molar-refractivity contribution in [3.63, 3.8) is 0 Å². The van der Waals surface area contributed by atoms with E-state index in [9.17, 15) is 4.79 Å². The molecule has 1 saturated heterocycles. The van der Waals surface area contributed by atoms with Gasteiger partial charge in [-0.2, -0.15) is 0 Å². The number of nitrogens with one attached hydrogen (secondary N) is 1. The summed E-state index contributed by atoms with van der Waals surface area (Å²) in [6, 6.07) is 3.98. The van der Waals surface area contributed by atoms with Crippen LogP contribution in [0.5, 0.6) is 0 Å². The fourth-order valence-corrected chi connectivity index (χ4v) is 2.12. The Bertz CT molecular complexity index is 435. The first-order valence-corrected chi connectivity index (χ1v) is 6.25. The molecule has 2 heterocycles. The van der Waals surface area contributed by atoms with Crippen LogP contribution in [-0.4, -0.2) is 60.5 Å². The Kier molecular flexibility index (Phi) is 3.81. The van der Waals surface area contributed by atoms with E-state index in [2.05, 4.69) is 29.2 Å². The van der Waals surface area contributed by atoms with Gasteiger partial charge in [0.1, 0.15) is 5.82 Å². The molecule has 1 fully saturated rings. The lowest BCUT2D eigenvalue weighted by atomic mass is 10.1. The van der Waals surface area contributed by atoms with Crippen LogP contribution < -0.4 is 5.32 Å². The lowest BCUT2D eigenvalue weighted by Gasteiger charge is -2.37. The summed E-state index contributed by atoms with van der Waals surface area (Å²) in [5.41, 5.74) is 0.700. The first-order chi connectivity index (χ1) is 8.61. The molecular weight excluding hydrogens is 228 g/mol. The van der Waals surface area contributed by atoms with Gasteiger partial charge in [0, 0.05) is 44.5 Å². The Morgan fingerprint density at radius 2 is 2.28 bits per heavy atom. The van der Waals surface area contributed by atoms with Crippen LogP contribution in [-0.2, 0) is 0 Å². The van der Waals surface area contributed by atoms with Crippen LogP contribution in [0.3, 0.4) is 0 Å². The zero-order valence-electron chi connectivity index (χ0n) is 11.2. The fraction of sp³-hybridized carbons (Fsp3) is 0.538. The second kappa shape index (κ2) is 5.35. The molecule has 98 valence electrons. The quantitative estimate of drug-likeness (QED) is 0.845. The number of pyridine rings is 1. The molecule has 0 saturated carbocycles. The summed E-state index contributed by atoms with van der Waals surface area (Å²) in [7, 11) is 3.90. The smallest absolute Gasteiger partial charge is 0.254 e. The minimum absolute atomic E-state index is 0.0915. The van der Waals surface area contributed by atoms with Crippen molar-refractivity contribution in [1.82, 2.24) is 14.8 Å². The molecule has 0 bridgehead atoms. The maximum Gasteiger partial charge on any atom is 0.254 e. The Hall–Kier alpha value is -1.62. The van der Waals surface area contributed by atoms with E-state index in [-0.39, 0.29) is 5.91 Å². The van der Waals surface area contributed by atoms with Gasteiger partial charge in [-0.1, -0.05) is 0 Å². The topological polar surface area (TPSA) is 48.5 Å². The Labute approximate surface area is 108 Å². The van der Waals surface area contributed by atoms with Crippen LogP contribution in [0, 0.1) is 0 Å². The molecule has 1 aliphatic rings. The van der Waals surface area contributed by atoms with E-state index in [1.54, 1.807) is 25.4 Å². The molecule has 1 aromatic rings. The Morgan fingerprint density at radius 1 is 1.50 bits per heavy atom. The number of piperazine rings is 1. The third kappa shape index (κ3) is 2.61. The number of carbonyl (C=O) groups excluding carboxylic acids is 1. The maximum atomic E-state index is 12.4. The van der Waals surface area contributed by atoms with Crippen molar-refractivity contribution in [3.05, 3.63) is 23.9 Å². The molecule has 1 aromatic heterocycles. The second-order valence-corrected chi connectivity index (χ2v) is 4.76. The van der Waals surface area contributed by atoms with Crippen molar-refractivity contribution in [1.29, 1.82) is 0 Å². The van der Waals surface area contributed by atoms with Crippen molar-refractivity contribution in [2.75, 3.05) is 39.0 Å². The van der Waals surface area contributed by atoms with Gasteiger partial charge in [0.25, 0.3) is 5.91 Å². The molecule has 1 aliphatic heterocycles. The highest BCUT2D eigenvalue weighted by atomic mass is 16.2. The van der Waals surface area contributed by atoms with Crippen LogP contribution in [0.25, 0.3) is 0 Å². The van der Waals surface area contributed by atoms with Crippen LogP contribution in [0.2, 0.25) is 0 Å². The lowest BCUT2D eigenvalue weighted by molar-refractivity contribution is 0.0572. The highest BCUT2D eigenvalue weighted by molar-refractivity contribution is 5.94. The van der Waals surface area contributed by atoms with E-state index >= 15 is 0 Å². The van der Waals surface area contributed by atoms with Crippen molar-refractivity contribution < 1.29 is 4.79 Å². The van der Waals surface area contributed by atoms with Crippen LogP contribution in [0.4, 0.5) is 5.82 Å². The summed E-state index contributed by atoms with van der Waals surface area (Å²) < 4.78 is 0. The molecule has 5 heteroatoms. The molecule has 1 atom stereocenters. The van der Waals surface area contributed by atoms with Gasteiger partial charge in [0.15, 0.2) is 0 Å². The standard InChI is InChI=1S/C13H20N4O/c1-10-9-17(7-6-16(10)3)13(18)11-4-5-15-12(8-11)14-2/h4-5,8,10H,6-7,9H2,1-3H3,(H,14,15). The van der Waals surface area contributed by atoms with E-state index in [4.69, 9.17) is 0 Å². The monoisotopic (exact) mass is 248 g/mol. The molecule has 2 rings (SSSR count). The molecule has 0 aliphatic carbocycles. The van der Waals surface area contributed by atoms with Crippen molar-refractivity contribution in [2.45, 2.75) is 13.0 Å². The third-order valence-electron chi connectivity index (χ3n) is 3.51. The first-order valence-electron chi connectivity index (χ1n) is 6.25.